The van der Waals surface area contributed by atoms with Gasteiger partial charge in [0.2, 0.25) is 0 Å². The van der Waals surface area contributed by atoms with Gasteiger partial charge in [0, 0.05) is 29.4 Å². The second kappa shape index (κ2) is 7.29. The molecule has 0 radical (unpaired) electrons. The molecule has 0 spiro atoms. The highest BCUT2D eigenvalue weighted by Crippen LogP contribution is 2.38. The molecule has 6 rings (SSSR count). The van der Waals surface area contributed by atoms with Crippen molar-refractivity contribution in [3.8, 4) is 0 Å². The van der Waals surface area contributed by atoms with Crippen LogP contribution in [-0.2, 0) is 12.8 Å². The van der Waals surface area contributed by atoms with Crippen LogP contribution >= 0.6 is 0 Å². The van der Waals surface area contributed by atoms with E-state index in [1.165, 1.54) is 48.2 Å². The van der Waals surface area contributed by atoms with Crippen LogP contribution in [-0.4, -0.2) is 31.1 Å². The molecule has 6 heteroatoms. The molecule has 3 aromatic heterocycles. The Labute approximate surface area is 182 Å². The Morgan fingerprint density at radius 1 is 1.00 bits per heavy atom. The van der Waals surface area contributed by atoms with Crippen LogP contribution in [0.1, 0.15) is 66.4 Å². The lowest BCUT2D eigenvalue weighted by atomic mass is 9.95. The maximum atomic E-state index is 5.09. The molecular formula is C25H28N6. The molecule has 1 aliphatic heterocycles. The third-order valence-electron chi connectivity index (χ3n) is 7.12. The normalized spacial score (nSPS) is 19.2. The third kappa shape index (κ3) is 2.99. The summed E-state index contributed by atoms with van der Waals surface area (Å²) in [5.74, 6) is 1.04. The van der Waals surface area contributed by atoms with E-state index in [0.29, 0.717) is 0 Å². The first-order valence-electron chi connectivity index (χ1n) is 11.6. The van der Waals surface area contributed by atoms with Gasteiger partial charge in [-0.2, -0.15) is 5.10 Å². The van der Waals surface area contributed by atoms with Crippen molar-refractivity contribution in [2.45, 2.75) is 64.8 Å². The van der Waals surface area contributed by atoms with Crippen molar-refractivity contribution in [1.82, 2.24) is 24.6 Å². The first kappa shape index (κ1) is 18.7. The molecular weight excluding hydrogens is 384 g/mol. The number of aryl methyl sites for hydroxylation is 3. The molecule has 1 aliphatic carbocycles. The van der Waals surface area contributed by atoms with Crippen LogP contribution in [0.5, 0.6) is 0 Å². The predicted octanol–water partition coefficient (Wildman–Crippen LogP) is 4.90. The summed E-state index contributed by atoms with van der Waals surface area (Å²) in [5, 5.41) is 6.25. The zero-order valence-corrected chi connectivity index (χ0v) is 18.3. The van der Waals surface area contributed by atoms with Crippen molar-refractivity contribution in [1.29, 1.82) is 0 Å². The largest absolute Gasteiger partial charge is 0.347 e. The minimum atomic E-state index is 0.213. The van der Waals surface area contributed by atoms with E-state index in [2.05, 4.69) is 52.5 Å². The van der Waals surface area contributed by atoms with E-state index in [-0.39, 0.29) is 6.04 Å². The number of nitrogens with zero attached hydrogens (tertiary/aromatic N) is 6. The van der Waals surface area contributed by atoms with Crippen LogP contribution in [0.4, 0.5) is 5.82 Å². The molecule has 6 nitrogen and oxygen atoms in total. The lowest BCUT2D eigenvalue weighted by molar-refractivity contribution is 0.461. The Kier molecular flexibility index (Phi) is 4.40. The third-order valence-corrected chi connectivity index (χ3v) is 7.12. The van der Waals surface area contributed by atoms with Crippen LogP contribution in [0.3, 0.4) is 0 Å². The molecule has 0 saturated carbocycles. The van der Waals surface area contributed by atoms with Crippen LogP contribution in [0.25, 0.3) is 16.6 Å². The van der Waals surface area contributed by atoms with E-state index >= 15 is 0 Å². The molecule has 0 amide bonds. The van der Waals surface area contributed by atoms with Gasteiger partial charge in [0.25, 0.3) is 0 Å². The van der Waals surface area contributed by atoms with E-state index in [0.717, 1.165) is 53.9 Å². The second-order valence-electron chi connectivity index (χ2n) is 9.04. The van der Waals surface area contributed by atoms with Gasteiger partial charge in [-0.1, -0.05) is 12.1 Å². The molecule has 0 N–H and O–H groups in total. The molecule has 0 bridgehead atoms. The van der Waals surface area contributed by atoms with Crippen molar-refractivity contribution in [2.75, 3.05) is 11.4 Å². The first-order chi connectivity index (χ1) is 15.2. The summed E-state index contributed by atoms with van der Waals surface area (Å²) in [4.78, 5) is 16.8. The van der Waals surface area contributed by atoms with Crippen LogP contribution in [0, 0.1) is 13.8 Å². The van der Waals surface area contributed by atoms with Crippen LogP contribution in [0.15, 0.2) is 30.6 Å². The summed E-state index contributed by atoms with van der Waals surface area (Å²) in [5.41, 5.74) is 8.27. The van der Waals surface area contributed by atoms with E-state index in [9.17, 15) is 0 Å². The van der Waals surface area contributed by atoms with Gasteiger partial charge in [-0.15, -0.1) is 0 Å². The highest BCUT2D eigenvalue weighted by atomic mass is 15.3. The van der Waals surface area contributed by atoms with E-state index in [4.69, 9.17) is 15.1 Å². The highest BCUT2D eigenvalue weighted by Gasteiger charge is 2.30. The lowest BCUT2D eigenvalue weighted by Gasteiger charge is -2.36. The van der Waals surface area contributed by atoms with Gasteiger partial charge in [-0.25, -0.2) is 19.5 Å². The fourth-order valence-electron chi connectivity index (χ4n) is 5.52. The van der Waals surface area contributed by atoms with Gasteiger partial charge < -0.3 is 4.90 Å². The van der Waals surface area contributed by atoms with Gasteiger partial charge >= 0.3 is 0 Å². The fourth-order valence-corrected chi connectivity index (χ4v) is 5.52. The molecule has 4 aromatic rings. The number of rotatable bonds is 2. The second-order valence-corrected chi connectivity index (χ2v) is 9.04. The summed E-state index contributed by atoms with van der Waals surface area (Å²) < 4.78 is 2.08. The van der Waals surface area contributed by atoms with E-state index in [1.807, 2.05) is 0 Å². The zero-order chi connectivity index (χ0) is 20.9. The summed E-state index contributed by atoms with van der Waals surface area (Å²) in [6.07, 6.45) is 9.88. The lowest BCUT2D eigenvalue weighted by Crippen LogP contribution is -2.34. The minimum Gasteiger partial charge on any atom is -0.347 e. The molecule has 31 heavy (non-hydrogen) atoms. The number of hydrogen-bond donors (Lipinski definition) is 0. The van der Waals surface area contributed by atoms with Crippen molar-refractivity contribution in [3.63, 3.8) is 0 Å². The zero-order valence-electron chi connectivity index (χ0n) is 18.3. The molecule has 1 fully saturated rings. The van der Waals surface area contributed by atoms with Gasteiger partial charge in [-0.3, -0.25) is 0 Å². The molecule has 4 heterocycles. The monoisotopic (exact) mass is 412 g/mol. The van der Waals surface area contributed by atoms with E-state index < -0.39 is 0 Å². The van der Waals surface area contributed by atoms with Crippen molar-refractivity contribution in [2.24, 2.45) is 0 Å². The Morgan fingerprint density at radius 3 is 2.84 bits per heavy atom. The van der Waals surface area contributed by atoms with Gasteiger partial charge in [0.05, 0.1) is 17.3 Å². The number of piperidine rings is 1. The van der Waals surface area contributed by atoms with Crippen molar-refractivity contribution >= 4 is 22.4 Å². The number of hydrogen-bond acceptors (Lipinski definition) is 5. The quantitative estimate of drug-likeness (QED) is 0.469. The van der Waals surface area contributed by atoms with Gasteiger partial charge in [0.1, 0.15) is 12.1 Å². The first-order valence-corrected chi connectivity index (χ1v) is 11.6. The summed E-state index contributed by atoms with van der Waals surface area (Å²) in [6, 6.07) is 8.72. The number of aromatic nitrogens is 5. The molecule has 158 valence electrons. The van der Waals surface area contributed by atoms with E-state index in [1.54, 1.807) is 6.33 Å². The topological polar surface area (TPSA) is 59.2 Å². The molecule has 1 aromatic carbocycles. The summed E-state index contributed by atoms with van der Waals surface area (Å²) >= 11 is 0. The van der Waals surface area contributed by atoms with Gasteiger partial charge in [-0.05, 0) is 76.0 Å². The predicted molar refractivity (Wildman–Crippen MR) is 123 cm³/mol. The molecule has 2 aliphatic rings. The maximum absolute atomic E-state index is 5.09. The molecule has 1 atom stereocenters. The highest BCUT2D eigenvalue weighted by molar-refractivity contribution is 5.92. The number of fused-ring (bicyclic) bond motifs is 3. The Balaban J connectivity index is 1.48. The summed E-state index contributed by atoms with van der Waals surface area (Å²) in [6.45, 7) is 5.34. The standard InChI is InChI=1S/C25H28N6/c1-16-8-7-11-20-24(16)25(27-15-26-20)30-13-6-5-12-22(30)21-14-23-28-19-10-4-3-9-18(19)17(2)31(23)29-21/h7-8,11,14-15,22H,3-6,9-10,12-13H2,1-2H3. The SMILES string of the molecule is Cc1cccc2ncnc(N3CCCCC3c3cc4nc5c(c(C)n4n3)CCCC5)c12. The smallest absolute Gasteiger partial charge is 0.155 e. The van der Waals surface area contributed by atoms with Crippen molar-refractivity contribution < 1.29 is 0 Å². The number of anilines is 1. The minimum absolute atomic E-state index is 0.213. The molecule has 1 saturated heterocycles. The van der Waals surface area contributed by atoms with Crippen LogP contribution in [0.2, 0.25) is 0 Å². The Morgan fingerprint density at radius 2 is 1.90 bits per heavy atom. The van der Waals surface area contributed by atoms with Crippen LogP contribution < -0.4 is 4.90 Å². The average Bonchev–Trinajstić information content (AvgIpc) is 3.23. The maximum Gasteiger partial charge on any atom is 0.155 e. The van der Waals surface area contributed by atoms with Crippen molar-refractivity contribution in [3.05, 3.63) is 58.8 Å². The number of benzene rings is 1. The average molecular weight is 413 g/mol. The fraction of sp³-hybridized carbons (Fsp3) is 0.440. The van der Waals surface area contributed by atoms with Gasteiger partial charge in [0.15, 0.2) is 5.65 Å². The Hall–Kier alpha value is -3.02. The summed E-state index contributed by atoms with van der Waals surface area (Å²) in [7, 11) is 0. The molecule has 1 unspecified atom stereocenters. The Bertz CT molecular complexity index is 1290.